The fourth-order valence-corrected chi connectivity index (χ4v) is 1.80. The van der Waals surface area contributed by atoms with Crippen LogP contribution in [0.25, 0.3) is 10.4 Å². The summed E-state index contributed by atoms with van der Waals surface area (Å²) in [6.07, 6.45) is 0.618. The van der Waals surface area contributed by atoms with E-state index in [2.05, 4.69) is 10.0 Å². The van der Waals surface area contributed by atoms with Crippen LogP contribution in [0.3, 0.4) is 0 Å². The number of rotatable bonds is 6. The molecule has 1 aromatic carbocycles. The lowest BCUT2D eigenvalue weighted by Gasteiger charge is -2.16. The average Bonchev–Trinajstić information content (AvgIpc) is 2.37. The molecular formula is C13H19N3O2. The van der Waals surface area contributed by atoms with Crippen molar-refractivity contribution >= 4 is 0 Å². The van der Waals surface area contributed by atoms with Gasteiger partial charge in [-0.3, -0.25) is 0 Å². The van der Waals surface area contributed by atoms with Gasteiger partial charge in [0.05, 0.1) is 13.2 Å². The van der Waals surface area contributed by atoms with Crippen molar-refractivity contribution in [3.8, 4) is 5.75 Å². The van der Waals surface area contributed by atoms with Crippen LogP contribution in [-0.2, 0) is 0 Å². The zero-order valence-corrected chi connectivity index (χ0v) is 11.1. The van der Waals surface area contributed by atoms with E-state index < -0.39 is 6.10 Å². The van der Waals surface area contributed by atoms with Crippen molar-refractivity contribution in [1.29, 1.82) is 0 Å². The second kappa shape index (κ2) is 6.89. The van der Waals surface area contributed by atoms with Gasteiger partial charge in [-0.25, -0.2) is 0 Å². The molecule has 1 N–H and O–H groups in total. The zero-order chi connectivity index (χ0) is 13.5. The first-order valence-electron chi connectivity index (χ1n) is 5.94. The van der Waals surface area contributed by atoms with Gasteiger partial charge in [0.2, 0.25) is 0 Å². The molecule has 5 nitrogen and oxygen atoms in total. The molecule has 0 saturated heterocycles. The second-order valence-corrected chi connectivity index (χ2v) is 4.29. The minimum absolute atomic E-state index is 0.403. The maximum Gasteiger partial charge on any atom is 0.124 e. The predicted molar refractivity (Wildman–Crippen MR) is 70.7 cm³/mol. The Balaban J connectivity index is 2.80. The van der Waals surface area contributed by atoms with E-state index in [1.807, 2.05) is 26.0 Å². The first-order valence-corrected chi connectivity index (χ1v) is 5.94. The van der Waals surface area contributed by atoms with Crippen molar-refractivity contribution in [2.24, 2.45) is 5.11 Å². The van der Waals surface area contributed by atoms with Gasteiger partial charge in [-0.2, -0.15) is 0 Å². The molecular weight excluding hydrogens is 230 g/mol. The van der Waals surface area contributed by atoms with Gasteiger partial charge in [-0.05, 0) is 55.5 Å². The molecule has 1 rings (SSSR count). The lowest BCUT2D eigenvalue weighted by molar-refractivity contribution is 0.161. The largest absolute Gasteiger partial charge is 0.496 e. The normalized spacial score (nSPS) is 11.8. The van der Waals surface area contributed by atoms with Crippen LogP contribution in [0.15, 0.2) is 17.2 Å². The van der Waals surface area contributed by atoms with Gasteiger partial charge in [0.15, 0.2) is 0 Å². The van der Waals surface area contributed by atoms with E-state index in [1.165, 1.54) is 0 Å². The van der Waals surface area contributed by atoms with E-state index >= 15 is 0 Å². The minimum Gasteiger partial charge on any atom is -0.496 e. The summed E-state index contributed by atoms with van der Waals surface area (Å²) in [6, 6.07) is 3.88. The molecule has 98 valence electrons. The summed E-state index contributed by atoms with van der Waals surface area (Å²) in [5.41, 5.74) is 11.2. The lowest BCUT2D eigenvalue weighted by atomic mass is 9.98. The highest BCUT2D eigenvalue weighted by Crippen LogP contribution is 2.30. The SMILES string of the molecule is COc1cc(C)c(C)cc1C(O)CCCN=[N+]=[N-]. The van der Waals surface area contributed by atoms with E-state index in [0.29, 0.717) is 25.1 Å². The first-order chi connectivity index (χ1) is 8.60. The molecule has 0 radical (unpaired) electrons. The number of nitrogens with zero attached hydrogens (tertiary/aromatic N) is 3. The second-order valence-electron chi connectivity index (χ2n) is 4.29. The molecule has 0 bridgehead atoms. The highest BCUT2D eigenvalue weighted by Gasteiger charge is 2.14. The Kier molecular flexibility index (Phi) is 5.49. The van der Waals surface area contributed by atoms with Crippen molar-refractivity contribution in [3.63, 3.8) is 0 Å². The van der Waals surface area contributed by atoms with E-state index in [-0.39, 0.29) is 0 Å². The summed E-state index contributed by atoms with van der Waals surface area (Å²) in [5.74, 6) is 0.703. The molecule has 0 aliphatic rings. The summed E-state index contributed by atoms with van der Waals surface area (Å²) in [7, 11) is 1.60. The van der Waals surface area contributed by atoms with Crippen LogP contribution in [-0.4, -0.2) is 18.8 Å². The third kappa shape index (κ3) is 3.65. The Labute approximate surface area is 107 Å². The highest BCUT2D eigenvalue weighted by atomic mass is 16.5. The van der Waals surface area contributed by atoms with Crippen LogP contribution in [0, 0.1) is 13.8 Å². The van der Waals surface area contributed by atoms with Gasteiger partial charge in [0.1, 0.15) is 5.75 Å². The van der Waals surface area contributed by atoms with Crippen molar-refractivity contribution in [2.45, 2.75) is 32.8 Å². The molecule has 5 heteroatoms. The molecule has 0 spiro atoms. The van der Waals surface area contributed by atoms with E-state index in [0.717, 1.165) is 16.7 Å². The molecule has 0 aliphatic heterocycles. The lowest BCUT2D eigenvalue weighted by Crippen LogP contribution is -2.03. The molecule has 18 heavy (non-hydrogen) atoms. The number of ether oxygens (including phenoxy) is 1. The minimum atomic E-state index is -0.590. The van der Waals surface area contributed by atoms with Gasteiger partial charge in [0.25, 0.3) is 0 Å². The fraction of sp³-hybridized carbons (Fsp3) is 0.538. The maximum absolute atomic E-state index is 10.1. The Hall–Kier alpha value is -1.71. The van der Waals surface area contributed by atoms with E-state index in [1.54, 1.807) is 7.11 Å². The summed E-state index contributed by atoms with van der Waals surface area (Å²) in [6.45, 7) is 4.42. The topological polar surface area (TPSA) is 78.2 Å². The van der Waals surface area contributed by atoms with Crippen LogP contribution < -0.4 is 4.74 Å². The molecule has 0 aromatic heterocycles. The quantitative estimate of drug-likeness (QED) is 0.363. The third-order valence-electron chi connectivity index (χ3n) is 3.00. The average molecular weight is 249 g/mol. The maximum atomic E-state index is 10.1. The Bertz CT molecular complexity index is 454. The van der Waals surface area contributed by atoms with Crippen LogP contribution in [0.1, 0.15) is 35.6 Å². The van der Waals surface area contributed by atoms with Crippen molar-refractivity contribution in [1.82, 2.24) is 0 Å². The molecule has 0 heterocycles. The summed E-state index contributed by atoms with van der Waals surface area (Å²) >= 11 is 0. The molecule has 1 aromatic rings. The van der Waals surface area contributed by atoms with Gasteiger partial charge < -0.3 is 9.84 Å². The van der Waals surface area contributed by atoms with Crippen molar-refractivity contribution in [3.05, 3.63) is 39.3 Å². The fourth-order valence-electron chi connectivity index (χ4n) is 1.80. The molecule has 1 atom stereocenters. The van der Waals surface area contributed by atoms with Gasteiger partial charge in [0, 0.05) is 17.0 Å². The standard InChI is InChI=1S/C13H19N3O2/c1-9-7-11(13(18-3)8-10(9)2)12(17)5-4-6-15-16-14/h7-8,12,17H,4-6H2,1-3H3. The van der Waals surface area contributed by atoms with Gasteiger partial charge in [-0.1, -0.05) is 5.11 Å². The number of aliphatic hydroxyl groups excluding tert-OH is 1. The van der Waals surface area contributed by atoms with Crippen LogP contribution in [0.2, 0.25) is 0 Å². The van der Waals surface area contributed by atoms with E-state index in [4.69, 9.17) is 10.3 Å². The number of azide groups is 1. The number of aryl methyl sites for hydroxylation is 2. The molecule has 1 unspecified atom stereocenters. The van der Waals surface area contributed by atoms with Crippen LogP contribution in [0.4, 0.5) is 0 Å². The summed E-state index contributed by atoms with van der Waals surface area (Å²) in [4.78, 5) is 2.68. The smallest absolute Gasteiger partial charge is 0.124 e. The van der Waals surface area contributed by atoms with Crippen molar-refractivity contribution < 1.29 is 9.84 Å². The Morgan fingerprint density at radius 3 is 2.67 bits per heavy atom. The Morgan fingerprint density at radius 2 is 2.06 bits per heavy atom. The number of aliphatic hydroxyl groups is 1. The number of hydrogen-bond donors (Lipinski definition) is 1. The molecule has 0 saturated carbocycles. The number of benzene rings is 1. The summed E-state index contributed by atoms with van der Waals surface area (Å²) < 4.78 is 5.29. The molecule has 0 fully saturated rings. The van der Waals surface area contributed by atoms with Crippen LogP contribution in [0.5, 0.6) is 5.75 Å². The number of hydrogen-bond acceptors (Lipinski definition) is 3. The molecule has 0 aliphatic carbocycles. The van der Waals surface area contributed by atoms with Crippen molar-refractivity contribution in [2.75, 3.05) is 13.7 Å². The van der Waals surface area contributed by atoms with Crippen LogP contribution >= 0.6 is 0 Å². The highest BCUT2D eigenvalue weighted by molar-refractivity contribution is 5.42. The third-order valence-corrected chi connectivity index (χ3v) is 3.00. The number of methoxy groups -OCH3 is 1. The molecule has 0 amide bonds. The zero-order valence-electron chi connectivity index (χ0n) is 11.1. The monoisotopic (exact) mass is 249 g/mol. The van der Waals surface area contributed by atoms with Gasteiger partial charge >= 0.3 is 0 Å². The van der Waals surface area contributed by atoms with E-state index in [9.17, 15) is 5.11 Å². The van der Waals surface area contributed by atoms with Gasteiger partial charge in [-0.15, -0.1) is 0 Å². The first kappa shape index (κ1) is 14.4. The summed E-state index contributed by atoms with van der Waals surface area (Å²) in [5, 5.41) is 13.6. The predicted octanol–water partition coefficient (Wildman–Crippen LogP) is 3.44. The Morgan fingerprint density at radius 1 is 1.39 bits per heavy atom.